The zero-order chi connectivity index (χ0) is 35.0. The van der Waals surface area contributed by atoms with Crippen molar-refractivity contribution in [2.45, 2.75) is 76.0 Å². The van der Waals surface area contributed by atoms with Crippen molar-refractivity contribution in [1.29, 1.82) is 0 Å². The molecule has 0 spiro atoms. The van der Waals surface area contributed by atoms with Crippen LogP contribution in [0.5, 0.6) is 11.5 Å². The minimum Gasteiger partial charge on any atom is -0.486 e. The maximum Gasteiger partial charge on any atom is 0.306 e. The molecular formula is C40H44N2O8. The van der Waals surface area contributed by atoms with E-state index in [2.05, 4.69) is 47.0 Å². The lowest BCUT2D eigenvalue weighted by atomic mass is 9.91. The zero-order valence-corrected chi connectivity index (χ0v) is 27.9. The van der Waals surface area contributed by atoms with Crippen LogP contribution >= 0.6 is 0 Å². The molecule has 10 heteroatoms. The van der Waals surface area contributed by atoms with E-state index in [4.69, 9.17) is 19.7 Å². The van der Waals surface area contributed by atoms with Crippen LogP contribution in [0.3, 0.4) is 0 Å². The van der Waals surface area contributed by atoms with Crippen LogP contribution in [-0.4, -0.2) is 57.7 Å². The molecule has 0 radical (unpaired) electrons. The summed E-state index contributed by atoms with van der Waals surface area (Å²) in [6.45, 7) is 1.47. The van der Waals surface area contributed by atoms with Crippen LogP contribution in [0.15, 0.2) is 84.9 Å². The molecule has 2 aliphatic rings. The van der Waals surface area contributed by atoms with Gasteiger partial charge in [0.25, 0.3) is 0 Å². The highest BCUT2D eigenvalue weighted by atomic mass is 16.5. The number of ether oxygens (including phenoxy) is 2. The number of aliphatic hydroxyl groups excluding tert-OH is 2. The number of hydrogen-bond acceptors (Lipinski definition) is 8. The van der Waals surface area contributed by atoms with E-state index in [0.29, 0.717) is 13.1 Å². The van der Waals surface area contributed by atoms with Crippen molar-refractivity contribution in [3.63, 3.8) is 0 Å². The average molecular weight is 681 g/mol. The van der Waals surface area contributed by atoms with Crippen molar-refractivity contribution in [3.8, 4) is 22.6 Å². The fourth-order valence-electron chi connectivity index (χ4n) is 7.00. The van der Waals surface area contributed by atoms with Gasteiger partial charge >= 0.3 is 11.9 Å². The van der Waals surface area contributed by atoms with E-state index in [1.165, 1.54) is 33.4 Å². The third kappa shape index (κ3) is 8.88. The van der Waals surface area contributed by atoms with Gasteiger partial charge in [-0.2, -0.15) is 0 Å². The summed E-state index contributed by atoms with van der Waals surface area (Å²) in [5, 5.41) is 43.3. The zero-order valence-electron chi connectivity index (χ0n) is 27.9. The first-order valence-corrected chi connectivity index (χ1v) is 17.2. The standard InChI is InChI=1S/C40H44N2O8/c43-27(19-39(45)46)23-41-21-25-7-11-29(12-8-25)49-37-17-15-33-31(3-1-5-35(33)37)32-4-2-6-36-34(32)16-18-38(36)50-30-13-9-26(10-14-30)22-42-24-28(44)20-40(47)48/h1-14,27-28,37-38,41-44H,15-24H2,(H,45,46)(H,47,48)/t27-,28-,37?,38?/m0/s1. The van der Waals surface area contributed by atoms with Gasteiger partial charge in [-0.05, 0) is 94.5 Å². The second-order valence-electron chi connectivity index (χ2n) is 13.1. The van der Waals surface area contributed by atoms with Gasteiger partial charge in [0, 0.05) is 26.2 Å². The fraction of sp³-hybridized carbons (Fsp3) is 0.350. The molecule has 0 amide bonds. The van der Waals surface area contributed by atoms with Gasteiger partial charge in [0.05, 0.1) is 25.0 Å². The summed E-state index contributed by atoms with van der Waals surface area (Å²) in [4.78, 5) is 21.5. The highest BCUT2D eigenvalue weighted by molar-refractivity contribution is 5.75. The summed E-state index contributed by atoms with van der Waals surface area (Å²) >= 11 is 0. The van der Waals surface area contributed by atoms with Crippen molar-refractivity contribution >= 4 is 11.9 Å². The summed E-state index contributed by atoms with van der Waals surface area (Å²) in [6.07, 6.45) is 1.17. The number of aliphatic carboxylic acids is 2. The molecule has 6 rings (SSSR count). The molecule has 4 aromatic carbocycles. The largest absolute Gasteiger partial charge is 0.486 e. The van der Waals surface area contributed by atoms with Gasteiger partial charge < -0.3 is 40.5 Å². The Kier molecular flexibility index (Phi) is 11.5. The number of carboxylic acid groups (broad SMARTS) is 2. The van der Waals surface area contributed by atoms with E-state index in [0.717, 1.165) is 48.3 Å². The van der Waals surface area contributed by atoms with Crippen LogP contribution in [0.2, 0.25) is 0 Å². The maximum atomic E-state index is 10.7. The van der Waals surface area contributed by atoms with Crippen molar-refractivity contribution in [2.75, 3.05) is 13.1 Å². The molecular weight excluding hydrogens is 636 g/mol. The minimum absolute atomic E-state index is 0.0408. The molecule has 0 aromatic heterocycles. The van der Waals surface area contributed by atoms with Crippen LogP contribution in [-0.2, 0) is 35.5 Å². The third-order valence-corrected chi connectivity index (χ3v) is 9.36. The summed E-state index contributed by atoms with van der Waals surface area (Å²) in [6, 6.07) is 28.8. The van der Waals surface area contributed by atoms with Crippen LogP contribution in [0, 0.1) is 0 Å². The Morgan fingerprint density at radius 3 is 1.40 bits per heavy atom. The average Bonchev–Trinajstić information content (AvgIpc) is 3.70. The van der Waals surface area contributed by atoms with Crippen LogP contribution < -0.4 is 20.1 Å². The molecule has 2 unspecified atom stereocenters. The van der Waals surface area contributed by atoms with E-state index >= 15 is 0 Å². The number of carboxylic acids is 2. The lowest BCUT2D eigenvalue weighted by Crippen LogP contribution is -2.28. The molecule has 50 heavy (non-hydrogen) atoms. The fourth-order valence-corrected chi connectivity index (χ4v) is 7.00. The van der Waals surface area contributed by atoms with Crippen LogP contribution in [0.4, 0.5) is 0 Å². The van der Waals surface area contributed by atoms with Gasteiger partial charge in [0.1, 0.15) is 23.7 Å². The van der Waals surface area contributed by atoms with Crippen molar-refractivity contribution in [2.24, 2.45) is 0 Å². The smallest absolute Gasteiger partial charge is 0.306 e. The summed E-state index contributed by atoms with van der Waals surface area (Å²) < 4.78 is 13.0. The van der Waals surface area contributed by atoms with Gasteiger partial charge in [-0.15, -0.1) is 0 Å². The molecule has 262 valence electrons. The Bertz CT molecular complexity index is 1640. The quantitative estimate of drug-likeness (QED) is 0.0861. The Morgan fingerprint density at radius 1 is 0.620 bits per heavy atom. The normalized spacial score (nSPS) is 17.5. The van der Waals surface area contributed by atoms with E-state index in [9.17, 15) is 19.8 Å². The van der Waals surface area contributed by atoms with Crippen molar-refractivity contribution in [3.05, 3.63) is 118 Å². The lowest BCUT2D eigenvalue weighted by molar-refractivity contribution is -0.140. The molecule has 0 aliphatic heterocycles. The number of benzene rings is 4. The molecule has 4 aromatic rings. The summed E-state index contributed by atoms with van der Waals surface area (Å²) in [5.74, 6) is -0.449. The Balaban J connectivity index is 1.07. The number of carbonyl (C=O) groups is 2. The van der Waals surface area contributed by atoms with E-state index < -0.39 is 24.1 Å². The third-order valence-electron chi connectivity index (χ3n) is 9.36. The van der Waals surface area contributed by atoms with Gasteiger partial charge in [0.2, 0.25) is 0 Å². The van der Waals surface area contributed by atoms with Gasteiger partial charge in [-0.3, -0.25) is 9.59 Å². The SMILES string of the molecule is O=C(O)C[C@H](O)CNCc1ccc(OC2CCc3c(-c4cccc5c4CCC5Oc4ccc(CNC[C@@H](O)CC(=O)O)cc4)cccc32)cc1. The molecule has 4 atom stereocenters. The van der Waals surface area contributed by atoms with Crippen molar-refractivity contribution < 1.29 is 39.5 Å². The van der Waals surface area contributed by atoms with Gasteiger partial charge in [-0.25, -0.2) is 0 Å². The Hall–Kier alpha value is -4.74. The number of nitrogens with one attached hydrogen (secondary N) is 2. The van der Waals surface area contributed by atoms with Crippen LogP contribution in [0.1, 0.15) is 71.3 Å². The Labute approximate surface area is 291 Å². The maximum absolute atomic E-state index is 10.7. The number of aliphatic hydroxyl groups is 2. The molecule has 0 fully saturated rings. The molecule has 10 nitrogen and oxygen atoms in total. The minimum atomic E-state index is -1.02. The first-order chi connectivity index (χ1) is 24.2. The van der Waals surface area contributed by atoms with E-state index in [1.807, 2.05) is 48.5 Å². The van der Waals surface area contributed by atoms with Crippen molar-refractivity contribution in [1.82, 2.24) is 10.6 Å². The second kappa shape index (κ2) is 16.3. The molecule has 6 N–H and O–H groups in total. The number of rotatable bonds is 17. The molecule has 2 aliphatic carbocycles. The first kappa shape index (κ1) is 35.1. The van der Waals surface area contributed by atoms with Crippen LogP contribution in [0.25, 0.3) is 11.1 Å². The van der Waals surface area contributed by atoms with Gasteiger partial charge in [-0.1, -0.05) is 60.7 Å². The Morgan fingerprint density at radius 2 is 1.02 bits per heavy atom. The van der Waals surface area contributed by atoms with Gasteiger partial charge in [0.15, 0.2) is 0 Å². The topological polar surface area (TPSA) is 158 Å². The monoisotopic (exact) mass is 680 g/mol. The molecule has 0 bridgehead atoms. The second-order valence-corrected chi connectivity index (χ2v) is 13.1. The molecule has 0 saturated carbocycles. The predicted octanol–water partition coefficient (Wildman–Crippen LogP) is 5.34. The highest BCUT2D eigenvalue weighted by Gasteiger charge is 2.30. The predicted molar refractivity (Wildman–Crippen MR) is 188 cm³/mol. The molecule has 0 heterocycles. The highest BCUT2D eigenvalue weighted by Crippen LogP contribution is 2.45. The molecule has 0 saturated heterocycles. The van der Waals surface area contributed by atoms with E-state index in [1.54, 1.807) is 0 Å². The number of hydrogen-bond donors (Lipinski definition) is 6. The summed E-state index contributed by atoms with van der Waals surface area (Å²) in [5.41, 5.74) is 9.64. The lowest BCUT2D eigenvalue weighted by Gasteiger charge is -2.18. The number of fused-ring (bicyclic) bond motifs is 2. The first-order valence-electron chi connectivity index (χ1n) is 17.2. The summed E-state index contributed by atoms with van der Waals surface area (Å²) in [7, 11) is 0. The van der Waals surface area contributed by atoms with E-state index in [-0.39, 0.29) is 38.1 Å².